The summed E-state index contributed by atoms with van der Waals surface area (Å²) in [6.45, 7) is 5.87. The van der Waals surface area contributed by atoms with Gasteiger partial charge in [0.25, 0.3) is 0 Å². The third-order valence-electron chi connectivity index (χ3n) is 2.59. The minimum atomic E-state index is -0.751. The van der Waals surface area contributed by atoms with E-state index >= 15 is 0 Å². The quantitative estimate of drug-likeness (QED) is 0.700. The molecular formula is C14H19NO2. The molecular weight excluding hydrogens is 214 g/mol. The highest BCUT2D eigenvalue weighted by atomic mass is 16.4. The van der Waals surface area contributed by atoms with E-state index < -0.39 is 5.97 Å². The van der Waals surface area contributed by atoms with Gasteiger partial charge in [-0.2, -0.15) is 0 Å². The van der Waals surface area contributed by atoms with Gasteiger partial charge in [0, 0.05) is 19.6 Å². The van der Waals surface area contributed by atoms with Gasteiger partial charge in [-0.25, -0.2) is 0 Å². The maximum Gasteiger partial charge on any atom is 0.304 e. The Kier molecular flexibility index (Phi) is 6.04. The normalized spacial score (nSPS) is 10.4. The summed E-state index contributed by atoms with van der Waals surface area (Å²) in [6.07, 6.45) is 2.93. The molecule has 0 unspecified atom stereocenters. The van der Waals surface area contributed by atoms with E-state index in [0.717, 1.165) is 19.5 Å². The van der Waals surface area contributed by atoms with Crippen LogP contribution < -0.4 is 0 Å². The van der Waals surface area contributed by atoms with Gasteiger partial charge in [-0.1, -0.05) is 36.4 Å². The Hall–Kier alpha value is -1.61. The summed E-state index contributed by atoms with van der Waals surface area (Å²) >= 11 is 0. The second kappa shape index (κ2) is 7.63. The average Bonchev–Trinajstić information content (AvgIpc) is 2.34. The van der Waals surface area contributed by atoms with Crippen molar-refractivity contribution in [3.63, 3.8) is 0 Å². The highest BCUT2D eigenvalue weighted by Gasteiger charge is 2.05. The molecule has 1 aromatic carbocycles. The summed E-state index contributed by atoms with van der Waals surface area (Å²) in [7, 11) is 0. The lowest BCUT2D eigenvalue weighted by molar-refractivity contribution is -0.137. The van der Waals surface area contributed by atoms with Gasteiger partial charge in [-0.15, -0.1) is 6.58 Å². The largest absolute Gasteiger partial charge is 0.481 e. The Balaban J connectivity index is 2.38. The first-order chi connectivity index (χ1) is 8.22. The van der Waals surface area contributed by atoms with E-state index in [9.17, 15) is 4.79 Å². The van der Waals surface area contributed by atoms with Crippen LogP contribution in [0, 0.1) is 0 Å². The molecule has 0 aliphatic carbocycles. The molecule has 0 saturated heterocycles. The molecule has 0 bridgehead atoms. The van der Waals surface area contributed by atoms with Gasteiger partial charge in [0.15, 0.2) is 0 Å². The first-order valence-corrected chi connectivity index (χ1v) is 5.81. The molecule has 0 aromatic heterocycles. The summed E-state index contributed by atoms with van der Waals surface area (Å²) in [5, 5.41) is 8.66. The number of carboxylic acids is 1. The predicted molar refractivity (Wildman–Crippen MR) is 69.0 cm³/mol. The lowest BCUT2D eigenvalue weighted by Crippen LogP contribution is -2.28. The van der Waals surface area contributed by atoms with Crippen molar-refractivity contribution in [1.29, 1.82) is 0 Å². The van der Waals surface area contributed by atoms with Crippen molar-refractivity contribution in [2.24, 2.45) is 0 Å². The number of carboxylic acid groups (broad SMARTS) is 1. The van der Waals surface area contributed by atoms with Crippen LogP contribution in [0.25, 0.3) is 0 Å². The van der Waals surface area contributed by atoms with Crippen molar-refractivity contribution in [3.05, 3.63) is 48.6 Å². The van der Waals surface area contributed by atoms with Crippen LogP contribution in [0.15, 0.2) is 43.0 Å². The molecule has 3 heteroatoms. The number of aliphatic carboxylic acids is 1. The lowest BCUT2D eigenvalue weighted by Gasteiger charge is -2.19. The van der Waals surface area contributed by atoms with Crippen LogP contribution in [-0.2, 0) is 11.2 Å². The first-order valence-electron chi connectivity index (χ1n) is 5.81. The lowest BCUT2D eigenvalue weighted by atomic mass is 10.1. The molecule has 1 N–H and O–H groups in total. The minimum Gasteiger partial charge on any atom is -0.481 e. The van der Waals surface area contributed by atoms with Gasteiger partial charge in [-0.05, 0) is 12.0 Å². The van der Waals surface area contributed by atoms with Crippen molar-refractivity contribution in [2.45, 2.75) is 12.8 Å². The van der Waals surface area contributed by atoms with Crippen molar-refractivity contribution in [1.82, 2.24) is 4.90 Å². The average molecular weight is 233 g/mol. The molecule has 0 atom stereocenters. The highest BCUT2D eigenvalue weighted by Crippen LogP contribution is 2.02. The number of rotatable bonds is 8. The zero-order chi connectivity index (χ0) is 12.5. The molecule has 1 rings (SSSR count). The number of hydrogen-bond donors (Lipinski definition) is 1. The Morgan fingerprint density at radius 2 is 2.00 bits per heavy atom. The highest BCUT2D eigenvalue weighted by molar-refractivity contribution is 5.66. The molecule has 92 valence electrons. The van der Waals surface area contributed by atoms with Crippen LogP contribution >= 0.6 is 0 Å². The van der Waals surface area contributed by atoms with E-state index in [-0.39, 0.29) is 6.42 Å². The summed E-state index contributed by atoms with van der Waals surface area (Å²) < 4.78 is 0. The van der Waals surface area contributed by atoms with Gasteiger partial charge in [0.1, 0.15) is 0 Å². The van der Waals surface area contributed by atoms with Gasteiger partial charge < -0.3 is 5.11 Å². The minimum absolute atomic E-state index is 0.183. The zero-order valence-corrected chi connectivity index (χ0v) is 10.0. The maximum atomic E-state index is 10.5. The Labute approximate surface area is 102 Å². The number of nitrogens with zero attached hydrogens (tertiary/aromatic N) is 1. The number of hydrogen-bond acceptors (Lipinski definition) is 2. The van der Waals surface area contributed by atoms with Gasteiger partial charge in [-0.3, -0.25) is 9.69 Å². The molecule has 3 nitrogen and oxygen atoms in total. The van der Waals surface area contributed by atoms with Crippen molar-refractivity contribution >= 4 is 5.97 Å². The van der Waals surface area contributed by atoms with Crippen molar-refractivity contribution < 1.29 is 9.90 Å². The summed E-state index contributed by atoms with van der Waals surface area (Å²) in [4.78, 5) is 12.6. The van der Waals surface area contributed by atoms with Crippen LogP contribution in [0.1, 0.15) is 12.0 Å². The van der Waals surface area contributed by atoms with E-state index in [0.29, 0.717) is 6.54 Å². The van der Waals surface area contributed by atoms with Crippen LogP contribution in [0.2, 0.25) is 0 Å². The standard InChI is InChI=1S/C14H19NO2/c1-2-10-15(12-9-14(16)17)11-8-13-6-4-3-5-7-13/h2-7H,1,8-12H2,(H,16,17). The number of benzene rings is 1. The monoisotopic (exact) mass is 233 g/mol. The summed E-state index contributed by atoms with van der Waals surface area (Å²) in [5.74, 6) is -0.751. The maximum absolute atomic E-state index is 10.5. The van der Waals surface area contributed by atoms with Crippen LogP contribution in [0.5, 0.6) is 0 Å². The SMILES string of the molecule is C=CCN(CCC(=O)O)CCc1ccccc1. The molecule has 0 radical (unpaired) electrons. The third kappa shape index (κ3) is 5.88. The van der Waals surface area contributed by atoms with E-state index in [1.54, 1.807) is 0 Å². The fourth-order valence-corrected chi connectivity index (χ4v) is 1.66. The van der Waals surface area contributed by atoms with Gasteiger partial charge in [0.05, 0.1) is 6.42 Å². The van der Waals surface area contributed by atoms with Crippen LogP contribution in [0.4, 0.5) is 0 Å². The van der Waals surface area contributed by atoms with E-state index in [2.05, 4.69) is 23.6 Å². The zero-order valence-electron chi connectivity index (χ0n) is 10.0. The third-order valence-corrected chi connectivity index (χ3v) is 2.59. The van der Waals surface area contributed by atoms with E-state index in [4.69, 9.17) is 5.11 Å². The fraction of sp³-hybridized carbons (Fsp3) is 0.357. The van der Waals surface area contributed by atoms with Crippen molar-refractivity contribution in [2.75, 3.05) is 19.6 Å². The van der Waals surface area contributed by atoms with Crippen LogP contribution in [-0.4, -0.2) is 35.6 Å². The Morgan fingerprint density at radius 3 is 2.59 bits per heavy atom. The second-order valence-corrected chi connectivity index (χ2v) is 3.97. The summed E-state index contributed by atoms with van der Waals surface area (Å²) in [6, 6.07) is 10.2. The molecule has 17 heavy (non-hydrogen) atoms. The van der Waals surface area contributed by atoms with Crippen molar-refractivity contribution in [3.8, 4) is 0 Å². The molecule has 0 heterocycles. The van der Waals surface area contributed by atoms with Gasteiger partial charge in [0.2, 0.25) is 0 Å². The second-order valence-electron chi connectivity index (χ2n) is 3.97. The first kappa shape index (κ1) is 13.5. The molecule has 0 saturated carbocycles. The Morgan fingerprint density at radius 1 is 1.29 bits per heavy atom. The predicted octanol–water partition coefficient (Wildman–Crippen LogP) is 2.19. The molecule has 0 amide bonds. The van der Waals surface area contributed by atoms with E-state index in [1.165, 1.54) is 5.56 Å². The summed E-state index contributed by atoms with van der Waals surface area (Å²) in [5.41, 5.74) is 1.27. The molecule has 0 aliphatic rings. The topological polar surface area (TPSA) is 40.5 Å². The number of carbonyl (C=O) groups is 1. The molecule has 0 aliphatic heterocycles. The fourth-order valence-electron chi connectivity index (χ4n) is 1.66. The molecule has 1 aromatic rings. The van der Waals surface area contributed by atoms with Crippen LogP contribution in [0.3, 0.4) is 0 Å². The van der Waals surface area contributed by atoms with Gasteiger partial charge >= 0.3 is 5.97 Å². The molecule has 0 fully saturated rings. The molecule has 0 spiro atoms. The van der Waals surface area contributed by atoms with E-state index in [1.807, 2.05) is 24.3 Å². The Bertz CT molecular complexity index is 348. The smallest absolute Gasteiger partial charge is 0.304 e.